The number of thiophene rings is 1. The van der Waals surface area contributed by atoms with Crippen LogP contribution in [-0.4, -0.2) is 19.7 Å². The zero-order valence-corrected chi connectivity index (χ0v) is 15.2. The molecular weight excluding hydrogens is 380 g/mol. The summed E-state index contributed by atoms with van der Waals surface area (Å²) in [5.41, 5.74) is 2.01. The molecule has 1 N–H and O–H groups in total. The molecule has 25 heavy (non-hydrogen) atoms. The van der Waals surface area contributed by atoms with Gasteiger partial charge in [-0.05, 0) is 53.5 Å². The second-order valence-corrected chi connectivity index (χ2v) is 7.55. The summed E-state index contributed by atoms with van der Waals surface area (Å²) < 4.78 is 21.5. The molecule has 2 heterocycles. The van der Waals surface area contributed by atoms with Gasteiger partial charge in [0.2, 0.25) is 0 Å². The number of pyridine rings is 1. The fourth-order valence-electron chi connectivity index (χ4n) is 2.21. The Morgan fingerprint density at radius 1 is 1.24 bits per heavy atom. The van der Waals surface area contributed by atoms with Crippen LogP contribution in [0.25, 0.3) is 11.3 Å². The summed E-state index contributed by atoms with van der Waals surface area (Å²) in [6.07, 6.45) is 1.67. The van der Waals surface area contributed by atoms with Crippen molar-refractivity contribution >= 4 is 45.6 Å². The van der Waals surface area contributed by atoms with Crippen LogP contribution in [0.3, 0.4) is 0 Å². The van der Waals surface area contributed by atoms with Crippen molar-refractivity contribution in [2.75, 3.05) is 5.32 Å². The molecule has 1 unspecified atom stereocenters. The van der Waals surface area contributed by atoms with Gasteiger partial charge in [-0.2, -0.15) is 0 Å². The molecule has 0 spiro atoms. The van der Waals surface area contributed by atoms with Crippen molar-refractivity contribution in [1.82, 2.24) is 4.98 Å². The third-order valence-corrected chi connectivity index (χ3v) is 5.45. The highest BCUT2D eigenvalue weighted by molar-refractivity contribution is 7.78. The molecule has 0 aliphatic rings. The number of halogens is 1. The molecule has 3 rings (SSSR count). The fraction of sp³-hybridized carbons (Fsp3) is 0.0588. The van der Waals surface area contributed by atoms with Gasteiger partial charge in [-0.15, -0.1) is 11.3 Å². The Morgan fingerprint density at radius 3 is 2.80 bits per heavy atom. The maximum absolute atomic E-state index is 12.3. The smallest absolute Gasteiger partial charge is 0.265 e. The molecule has 0 radical (unpaired) electrons. The number of nitrogens with zero attached hydrogens (tertiary/aromatic N) is 1. The number of hydrogen-bond acceptors (Lipinski definition) is 5. The van der Waals surface area contributed by atoms with Crippen LogP contribution in [-0.2, 0) is 16.8 Å². The average Bonchev–Trinajstić information content (AvgIpc) is 3.05. The highest BCUT2D eigenvalue weighted by Crippen LogP contribution is 2.29. The minimum atomic E-state index is -2.17. The van der Waals surface area contributed by atoms with Crippen molar-refractivity contribution in [3.63, 3.8) is 0 Å². The molecule has 0 fully saturated rings. The number of rotatable bonds is 5. The lowest BCUT2D eigenvalue weighted by atomic mass is 10.1. The Bertz CT molecular complexity index is 929. The number of benzene rings is 1. The minimum Gasteiger partial charge on any atom is -0.772 e. The van der Waals surface area contributed by atoms with Crippen molar-refractivity contribution in [2.24, 2.45) is 0 Å². The molecule has 1 atom stereocenters. The van der Waals surface area contributed by atoms with Gasteiger partial charge in [-0.1, -0.05) is 17.7 Å². The van der Waals surface area contributed by atoms with Gasteiger partial charge >= 0.3 is 0 Å². The van der Waals surface area contributed by atoms with E-state index in [0.717, 1.165) is 11.3 Å². The fourth-order valence-corrected chi connectivity index (χ4v) is 3.97. The van der Waals surface area contributed by atoms with Gasteiger partial charge in [0.1, 0.15) is 0 Å². The van der Waals surface area contributed by atoms with E-state index in [4.69, 9.17) is 11.6 Å². The molecule has 1 aromatic carbocycles. The predicted molar refractivity (Wildman–Crippen MR) is 99.6 cm³/mol. The van der Waals surface area contributed by atoms with Gasteiger partial charge in [0.05, 0.1) is 15.6 Å². The molecule has 1 amide bonds. The second kappa shape index (κ2) is 7.88. The largest absolute Gasteiger partial charge is 0.772 e. The Hall–Kier alpha value is -2.06. The topological polar surface area (TPSA) is 82.1 Å². The maximum atomic E-state index is 12.3. The number of aromatic nitrogens is 1. The minimum absolute atomic E-state index is 0.0945. The van der Waals surface area contributed by atoms with E-state index >= 15 is 0 Å². The summed E-state index contributed by atoms with van der Waals surface area (Å²) in [7, 11) is 0. The molecule has 8 heteroatoms. The Balaban J connectivity index is 1.80. The summed E-state index contributed by atoms with van der Waals surface area (Å²) in [4.78, 5) is 17.7. The van der Waals surface area contributed by atoms with Crippen LogP contribution in [0.15, 0.2) is 54.7 Å². The number of carbonyl (C=O) groups is 1. The van der Waals surface area contributed by atoms with Crippen LogP contribution in [0.4, 0.5) is 5.69 Å². The lowest BCUT2D eigenvalue weighted by molar-refractivity contribution is 0.103. The van der Waals surface area contributed by atoms with Gasteiger partial charge < -0.3 is 9.87 Å². The first kappa shape index (κ1) is 17.8. The first-order valence-electron chi connectivity index (χ1n) is 7.20. The van der Waals surface area contributed by atoms with E-state index in [-0.39, 0.29) is 11.7 Å². The summed E-state index contributed by atoms with van der Waals surface area (Å²) in [5, 5.41) is 3.33. The molecule has 0 saturated heterocycles. The van der Waals surface area contributed by atoms with Crippen molar-refractivity contribution in [1.29, 1.82) is 0 Å². The van der Waals surface area contributed by atoms with Gasteiger partial charge in [0.15, 0.2) is 0 Å². The first-order chi connectivity index (χ1) is 12.0. The zero-order valence-electron chi connectivity index (χ0n) is 12.8. The summed E-state index contributed by atoms with van der Waals surface area (Å²) in [5.74, 6) is -0.398. The molecule has 0 aliphatic heterocycles. The summed E-state index contributed by atoms with van der Waals surface area (Å²) >= 11 is 5.20. The van der Waals surface area contributed by atoms with Crippen LogP contribution in [0.1, 0.15) is 14.5 Å². The molecular formula is C17H12ClN2O3S2-. The quantitative estimate of drug-likeness (QED) is 0.664. The summed E-state index contributed by atoms with van der Waals surface area (Å²) in [6, 6.07) is 13.9. The number of nitrogens with one attached hydrogen (secondary N) is 1. The molecule has 5 nitrogen and oxygen atoms in total. The Kier molecular flexibility index (Phi) is 5.60. The summed E-state index contributed by atoms with van der Waals surface area (Å²) in [6.45, 7) is 0. The van der Waals surface area contributed by atoms with E-state index in [1.54, 1.807) is 36.5 Å². The average molecular weight is 392 g/mol. The first-order valence-corrected chi connectivity index (χ1v) is 9.63. The van der Waals surface area contributed by atoms with Crippen LogP contribution in [0.2, 0.25) is 5.02 Å². The molecule has 0 bridgehead atoms. The van der Waals surface area contributed by atoms with E-state index < -0.39 is 11.1 Å². The lowest BCUT2D eigenvalue weighted by Gasteiger charge is -2.08. The predicted octanol–water partition coefficient (Wildman–Crippen LogP) is 4.09. The molecule has 3 aromatic rings. The van der Waals surface area contributed by atoms with Gasteiger partial charge in [0.25, 0.3) is 5.91 Å². The van der Waals surface area contributed by atoms with Crippen LogP contribution < -0.4 is 5.32 Å². The number of hydrogen-bond donors (Lipinski definition) is 1. The van der Waals surface area contributed by atoms with Crippen molar-refractivity contribution in [3.05, 3.63) is 69.5 Å². The van der Waals surface area contributed by atoms with Crippen molar-refractivity contribution < 1.29 is 13.6 Å². The number of anilines is 1. The number of amides is 1. The Morgan fingerprint density at radius 2 is 2.08 bits per heavy atom. The standard InChI is InChI=1S/C17H13ClN2O3S2/c18-14-6-4-11(9-13(14)15-3-1-2-8-19-15)20-17(21)16-7-5-12(24-16)10-25(22)23/h1-9H,10H2,(H,20,21)(H,22,23)/p-1. The van der Waals surface area contributed by atoms with E-state index in [0.29, 0.717) is 31.7 Å². The van der Waals surface area contributed by atoms with Crippen molar-refractivity contribution in [2.45, 2.75) is 5.75 Å². The van der Waals surface area contributed by atoms with Crippen LogP contribution in [0, 0.1) is 0 Å². The van der Waals surface area contributed by atoms with E-state index in [2.05, 4.69) is 10.3 Å². The third kappa shape index (κ3) is 4.52. The van der Waals surface area contributed by atoms with E-state index in [1.807, 2.05) is 18.2 Å². The van der Waals surface area contributed by atoms with Crippen LogP contribution in [0.5, 0.6) is 0 Å². The van der Waals surface area contributed by atoms with E-state index in [1.165, 1.54) is 0 Å². The number of carbonyl (C=O) groups excluding carboxylic acids is 1. The second-order valence-electron chi connectivity index (χ2n) is 5.08. The normalized spacial score (nSPS) is 11.9. The van der Waals surface area contributed by atoms with Gasteiger partial charge in [0, 0.05) is 28.1 Å². The Labute approximate surface area is 156 Å². The SMILES string of the molecule is O=C(Nc1ccc(Cl)c(-c2ccccn2)c1)c1ccc(CS(=O)[O-])s1. The van der Waals surface area contributed by atoms with Gasteiger partial charge in [-0.3, -0.25) is 14.0 Å². The van der Waals surface area contributed by atoms with Gasteiger partial charge in [-0.25, -0.2) is 0 Å². The highest BCUT2D eigenvalue weighted by atomic mass is 35.5. The molecule has 0 saturated carbocycles. The lowest BCUT2D eigenvalue weighted by Crippen LogP contribution is -2.10. The maximum Gasteiger partial charge on any atom is 0.265 e. The van der Waals surface area contributed by atoms with Crippen molar-refractivity contribution in [3.8, 4) is 11.3 Å². The molecule has 2 aromatic heterocycles. The molecule has 0 aliphatic carbocycles. The van der Waals surface area contributed by atoms with Crippen LogP contribution >= 0.6 is 22.9 Å². The van der Waals surface area contributed by atoms with E-state index in [9.17, 15) is 13.6 Å². The third-order valence-electron chi connectivity index (χ3n) is 3.31. The zero-order chi connectivity index (χ0) is 17.8. The highest BCUT2D eigenvalue weighted by Gasteiger charge is 2.12. The monoisotopic (exact) mass is 391 g/mol. The molecule has 128 valence electrons.